The molecule has 1 aromatic rings. The topological polar surface area (TPSA) is 48.0 Å². The standard InChI is InChI=1S/C15H23NO4/c1-18-9-7-16(8-10-19-2)12-15(17)13-5-4-6-14(11-13)20-3/h4-6,11H,7-10,12H2,1-3H3. The molecule has 1 rings (SSSR count). The predicted molar refractivity (Wildman–Crippen MR) is 77.5 cm³/mol. The smallest absolute Gasteiger partial charge is 0.176 e. The highest BCUT2D eigenvalue weighted by atomic mass is 16.5. The predicted octanol–water partition coefficient (Wildman–Crippen LogP) is 1.47. The van der Waals surface area contributed by atoms with Gasteiger partial charge in [0.25, 0.3) is 0 Å². The van der Waals surface area contributed by atoms with E-state index < -0.39 is 0 Å². The Morgan fingerprint density at radius 1 is 1.10 bits per heavy atom. The quantitative estimate of drug-likeness (QED) is 0.608. The fourth-order valence-electron chi connectivity index (χ4n) is 1.80. The van der Waals surface area contributed by atoms with E-state index in [1.807, 2.05) is 17.0 Å². The molecule has 0 saturated carbocycles. The fraction of sp³-hybridized carbons (Fsp3) is 0.533. The molecule has 20 heavy (non-hydrogen) atoms. The maximum atomic E-state index is 12.3. The maximum absolute atomic E-state index is 12.3. The first-order valence-electron chi connectivity index (χ1n) is 6.58. The molecule has 0 fully saturated rings. The van der Waals surface area contributed by atoms with Crippen LogP contribution in [-0.4, -0.2) is 64.9 Å². The van der Waals surface area contributed by atoms with Gasteiger partial charge in [0.1, 0.15) is 5.75 Å². The van der Waals surface area contributed by atoms with Crippen molar-refractivity contribution in [1.82, 2.24) is 4.90 Å². The van der Waals surface area contributed by atoms with E-state index in [-0.39, 0.29) is 5.78 Å². The summed E-state index contributed by atoms with van der Waals surface area (Å²) in [5, 5.41) is 0. The van der Waals surface area contributed by atoms with Crippen molar-refractivity contribution < 1.29 is 19.0 Å². The van der Waals surface area contributed by atoms with Crippen LogP contribution >= 0.6 is 0 Å². The van der Waals surface area contributed by atoms with E-state index in [4.69, 9.17) is 14.2 Å². The van der Waals surface area contributed by atoms with Crippen LogP contribution in [0.25, 0.3) is 0 Å². The van der Waals surface area contributed by atoms with Gasteiger partial charge in [-0.1, -0.05) is 12.1 Å². The highest BCUT2D eigenvalue weighted by Gasteiger charge is 2.13. The highest BCUT2D eigenvalue weighted by Crippen LogP contribution is 2.13. The second kappa shape index (κ2) is 9.47. The second-order valence-corrected chi connectivity index (χ2v) is 4.42. The van der Waals surface area contributed by atoms with Gasteiger partial charge in [-0.15, -0.1) is 0 Å². The van der Waals surface area contributed by atoms with E-state index >= 15 is 0 Å². The van der Waals surface area contributed by atoms with Gasteiger partial charge in [0.15, 0.2) is 5.78 Å². The van der Waals surface area contributed by atoms with Gasteiger partial charge >= 0.3 is 0 Å². The minimum Gasteiger partial charge on any atom is -0.497 e. The van der Waals surface area contributed by atoms with Crippen molar-refractivity contribution in [3.8, 4) is 5.75 Å². The van der Waals surface area contributed by atoms with Gasteiger partial charge < -0.3 is 14.2 Å². The number of nitrogens with zero attached hydrogens (tertiary/aromatic N) is 1. The van der Waals surface area contributed by atoms with Crippen molar-refractivity contribution in [2.24, 2.45) is 0 Å². The van der Waals surface area contributed by atoms with Crippen molar-refractivity contribution in [1.29, 1.82) is 0 Å². The molecule has 112 valence electrons. The maximum Gasteiger partial charge on any atom is 0.176 e. The van der Waals surface area contributed by atoms with Crippen LogP contribution in [0.3, 0.4) is 0 Å². The summed E-state index contributed by atoms with van der Waals surface area (Å²) in [5.41, 5.74) is 0.657. The molecule has 5 nitrogen and oxygen atoms in total. The summed E-state index contributed by atoms with van der Waals surface area (Å²) < 4.78 is 15.3. The van der Waals surface area contributed by atoms with Crippen LogP contribution in [0, 0.1) is 0 Å². The summed E-state index contributed by atoms with van der Waals surface area (Å²) in [7, 11) is 4.89. The number of carbonyl (C=O) groups excluding carboxylic acids is 1. The molecule has 0 aliphatic heterocycles. The third-order valence-corrected chi connectivity index (χ3v) is 2.98. The van der Waals surface area contributed by atoms with Crippen molar-refractivity contribution in [2.75, 3.05) is 54.2 Å². The Hall–Kier alpha value is -1.43. The molecule has 0 unspecified atom stereocenters. The molecule has 0 amide bonds. The van der Waals surface area contributed by atoms with Gasteiger partial charge in [0, 0.05) is 32.9 Å². The normalized spacial score (nSPS) is 10.8. The van der Waals surface area contributed by atoms with Gasteiger partial charge in [-0.25, -0.2) is 0 Å². The van der Waals surface area contributed by atoms with E-state index in [1.54, 1.807) is 33.5 Å². The lowest BCUT2D eigenvalue weighted by Gasteiger charge is -2.20. The number of rotatable bonds is 10. The Bertz CT molecular complexity index is 401. The van der Waals surface area contributed by atoms with Crippen LogP contribution in [0.5, 0.6) is 5.75 Å². The molecule has 0 heterocycles. The van der Waals surface area contributed by atoms with Crippen LogP contribution < -0.4 is 4.74 Å². The Morgan fingerprint density at radius 3 is 2.30 bits per heavy atom. The first-order valence-corrected chi connectivity index (χ1v) is 6.58. The van der Waals surface area contributed by atoms with Crippen LogP contribution in [0.1, 0.15) is 10.4 Å². The summed E-state index contributed by atoms with van der Waals surface area (Å²) in [5.74, 6) is 0.757. The van der Waals surface area contributed by atoms with E-state index in [9.17, 15) is 4.79 Å². The van der Waals surface area contributed by atoms with Crippen LogP contribution in [0.2, 0.25) is 0 Å². The zero-order chi connectivity index (χ0) is 14.8. The summed E-state index contributed by atoms with van der Waals surface area (Å²) in [6, 6.07) is 7.20. The Kier molecular flexibility index (Phi) is 7.87. The van der Waals surface area contributed by atoms with Crippen molar-refractivity contribution in [3.63, 3.8) is 0 Å². The number of ether oxygens (including phenoxy) is 3. The van der Waals surface area contributed by atoms with Crippen LogP contribution in [-0.2, 0) is 9.47 Å². The lowest BCUT2D eigenvalue weighted by molar-refractivity contribution is 0.0837. The van der Waals surface area contributed by atoms with Crippen molar-refractivity contribution in [2.45, 2.75) is 0 Å². The van der Waals surface area contributed by atoms with E-state index in [0.29, 0.717) is 44.2 Å². The number of methoxy groups -OCH3 is 3. The molecule has 5 heteroatoms. The molecule has 0 radical (unpaired) electrons. The Morgan fingerprint density at radius 2 is 1.75 bits per heavy atom. The highest BCUT2D eigenvalue weighted by molar-refractivity contribution is 5.97. The zero-order valence-corrected chi connectivity index (χ0v) is 12.4. The second-order valence-electron chi connectivity index (χ2n) is 4.42. The third kappa shape index (κ3) is 5.69. The minimum absolute atomic E-state index is 0.0658. The number of Topliss-reactive ketones (excluding diaryl/α,β-unsaturated/α-hetero) is 1. The number of carbonyl (C=O) groups is 1. The van der Waals surface area contributed by atoms with E-state index in [2.05, 4.69) is 0 Å². The molecular formula is C15H23NO4. The Balaban J connectivity index is 2.63. The van der Waals surface area contributed by atoms with Gasteiger partial charge in [-0.3, -0.25) is 9.69 Å². The summed E-state index contributed by atoms with van der Waals surface area (Å²) >= 11 is 0. The SMILES string of the molecule is COCCN(CCOC)CC(=O)c1cccc(OC)c1. The monoisotopic (exact) mass is 281 g/mol. The number of hydrogen-bond acceptors (Lipinski definition) is 5. The van der Waals surface area contributed by atoms with E-state index in [0.717, 1.165) is 0 Å². The molecule has 0 saturated heterocycles. The van der Waals surface area contributed by atoms with Crippen LogP contribution in [0.15, 0.2) is 24.3 Å². The molecule has 0 aromatic heterocycles. The molecule has 0 N–H and O–H groups in total. The summed E-state index contributed by atoms with van der Waals surface area (Å²) in [6.07, 6.45) is 0. The largest absolute Gasteiger partial charge is 0.497 e. The third-order valence-electron chi connectivity index (χ3n) is 2.98. The zero-order valence-electron chi connectivity index (χ0n) is 12.4. The number of hydrogen-bond donors (Lipinski definition) is 0. The molecule has 0 aliphatic rings. The molecular weight excluding hydrogens is 258 g/mol. The lowest BCUT2D eigenvalue weighted by Crippen LogP contribution is -2.35. The molecule has 0 bridgehead atoms. The lowest BCUT2D eigenvalue weighted by atomic mass is 10.1. The van der Waals surface area contributed by atoms with Crippen molar-refractivity contribution in [3.05, 3.63) is 29.8 Å². The van der Waals surface area contributed by atoms with Gasteiger partial charge in [-0.2, -0.15) is 0 Å². The average molecular weight is 281 g/mol. The molecule has 0 atom stereocenters. The molecule has 0 aliphatic carbocycles. The number of benzene rings is 1. The Labute approximate surface area is 120 Å². The first kappa shape index (κ1) is 16.6. The summed E-state index contributed by atoms with van der Waals surface area (Å²) in [6.45, 7) is 2.94. The van der Waals surface area contributed by atoms with Crippen LogP contribution in [0.4, 0.5) is 0 Å². The molecule has 0 spiro atoms. The van der Waals surface area contributed by atoms with Crippen molar-refractivity contribution >= 4 is 5.78 Å². The van der Waals surface area contributed by atoms with E-state index in [1.165, 1.54) is 0 Å². The average Bonchev–Trinajstić information content (AvgIpc) is 2.49. The number of ketones is 1. The minimum atomic E-state index is 0.0658. The first-order chi connectivity index (χ1) is 9.71. The molecule has 1 aromatic carbocycles. The van der Waals surface area contributed by atoms with Gasteiger partial charge in [-0.05, 0) is 12.1 Å². The van der Waals surface area contributed by atoms with Gasteiger partial charge in [0.2, 0.25) is 0 Å². The summed E-state index contributed by atoms with van der Waals surface area (Å²) in [4.78, 5) is 14.3. The van der Waals surface area contributed by atoms with Gasteiger partial charge in [0.05, 0.1) is 26.9 Å². The fourth-order valence-corrected chi connectivity index (χ4v) is 1.80.